The molecule has 0 radical (unpaired) electrons. The van der Waals surface area contributed by atoms with E-state index in [2.05, 4.69) is 11.8 Å². The highest BCUT2D eigenvalue weighted by Crippen LogP contribution is 2.24. The first-order valence-electron chi connectivity index (χ1n) is 8.47. The number of rotatable bonds is 5. The van der Waals surface area contributed by atoms with Gasteiger partial charge in [-0.2, -0.15) is 0 Å². The molecule has 0 N–H and O–H groups in total. The van der Waals surface area contributed by atoms with Crippen LogP contribution in [0.4, 0.5) is 4.39 Å². The van der Waals surface area contributed by atoms with Crippen molar-refractivity contribution in [2.45, 2.75) is 33.9 Å². The second-order valence-corrected chi connectivity index (χ2v) is 6.41. The fourth-order valence-corrected chi connectivity index (χ4v) is 3.07. The highest BCUT2D eigenvalue weighted by Gasteiger charge is 2.13. The minimum Gasteiger partial charge on any atom is -0.422 e. The van der Waals surface area contributed by atoms with Crippen molar-refractivity contribution >= 4 is 11.0 Å². The summed E-state index contributed by atoms with van der Waals surface area (Å²) in [6.45, 7) is 8.06. The van der Waals surface area contributed by atoms with Crippen LogP contribution >= 0.6 is 0 Å². The first kappa shape index (κ1) is 17.4. The lowest BCUT2D eigenvalue weighted by Gasteiger charge is -2.21. The molecule has 0 spiro atoms. The number of hydrogen-bond acceptors (Lipinski definition) is 3. The molecule has 0 amide bonds. The maximum absolute atomic E-state index is 13.4. The molecule has 3 rings (SSSR count). The van der Waals surface area contributed by atoms with Crippen LogP contribution in [-0.2, 0) is 13.1 Å². The third-order valence-corrected chi connectivity index (χ3v) is 4.65. The quantitative estimate of drug-likeness (QED) is 0.639. The van der Waals surface area contributed by atoms with Crippen molar-refractivity contribution in [3.8, 4) is 0 Å². The van der Waals surface area contributed by atoms with Gasteiger partial charge in [-0.15, -0.1) is 0 Å². The second-order valence-electron chi connectivity index (χ2n) is 6.41. The van der Waals surface area contributed by atoms with E-state index >= 15 is 0 Å². The summed E-state index contributed by atoms with van der Waals surface area (Å²) in [7, 11) is 0. The van der Waals surface area contributed by atoms with Crippen molar-refractivity contribution < 1.29 is 8.81 Å². The molecule has 2 aromatic carbocycles. The molecular weight excluding hydrogens is 317 g/mol. The average molecular weight is 339 g/mol. The van der Waals surface area contributed by atoms with Crippen molar-refractivity contribution in [1.82, 2.24) is 4.90 Å². The smallest absolute Gasteiger partial charge is 0.336 e. The van der Waals surface area contributed by atoms with Gasteiger partial charge in [-0.1, -0.05) is 31.2 Å². The molecule has 3 nitrogen and oxygen atoms in total. The Morgan fingerprint density at radius 3 is 2.60 bits per heavy atom. The lowest BCUT2D eigenvalue weighted by molar-refractivity contribution is 0.271. The lowest BCUT2D eigenvalue weighted by Crippen LogP contribution is -2.23. The largest absolute Gasteiger partial charge is 0.422 e. The van der Waals surface area contributed by atoms with Gasteiger partial charge in [0.25, 0.3) is 0 Å². The van der Waals surface area contributed by atoms with Crippen LogP contribution in [0.25, 0.3) is 11.0 Å². The molecule has 25 heavy (non-hydrogen) atoms. The Labute approximate surface area is 146 Å². The Morgan fingerprint density at radius 1 is 1.08 bits per heavy atom. The van der Waals surface area contributed by atoms with E-state index in [1.54, 1.807) is 18.2 Å². The fraction of sp³-hybridized carbons (Fsp3) is 0.286. The second kappa shape index (κ2) is 7.19. The molecule has 0 saturated carbocycles. The van der Waals surface area contributed by atoms with E-state index in [4.69, 9.17) is 4.42 Å². The summed E-state index contributed by atoms with van der Waals surface area (Å²) in [6.07, 6.45) is 0. The number of benzene rings is 2. The summed E-state index contributed by atoms with van der Waals surface area (Å²) >= 11 is 0. The molecule has 0 fully saturated rings. The van der Waals surface area contributed by atoms with Crippen LogP contribution in [0.1, 0.15) is 29.2 Å². The van der Waals surface area contributed by atoms with Gasteiger partial charge in [0, 0.05) is 24.5 Å². The van der Waals surface area contributed by atoms with Gasteiger partial charge in [0.05, 0.1) is 0 Å². The summed E-state index contributed by atoms with van der Waals surface area (Å²) in [5.41, 5.74) is 4.26. The zero-order valence-corrected chi connectivity index (χ0v) is 14.8. The molecule has 4 heteroatoms. The normalized spacial score (nSPS) is 11.4. The van der Waals surface area contributed by atoms with E-state index in [-0.39, 0.29) is 11.4 Å². The highest BCUT2D eigenvalue weighted by molar-refractivity contribution is 5.83. The predicted molar refractivity (Wildman–Crippen MR) is 98.1 cm³/mol. The number of hydrogen-bond donors (Lipinski definition) is 0. The van der Waals surface area contributed by atoms with Crippen LogP contribution in [0, 0.1) is 19.7 Å². The van der Waals surface area contributed by atoms with Crippen LogP contribution in [0.15, 0.2) is 51.7 Å². The van der Waals surface area contributed by atoms with Crippen LogP contribution in [0.5, 0.6) is 0 Å². The Bertz CT molecular complexity index is 962. The molecule has 0 unspecified atom stereocenters. The monoisotopic (exact) mass is 339 g/mol. The third-order valence-electron chi connectivity index (χ3n) is 4.65. The van der Waals surface area contributed by atoms with Gasteiger partial charge in [-0.05, 0) is 54.8 Å². The molecule has 0 aliphatic heterocycles. The van der Waals surface area contributed by atoms with E-state index in [0.717, 1.165) is 34.2 Å². The first-order valence-corrected chi connectivity index (χ1v) is 8.47. The van der Waals surface area contributed by atoms with E-state index in [1.807, 2.05) is 32.0 Å². The molecule has 0 bridgehead atoms. The van der Waals surface area contributed by atoms with Crippen LogP contribution in [0.2, 0.25) is 0 Å². The maximum atomic E-state index is 13.4. The van der Waals surface area contributed by atoms with Gasteiger partial charge in [-0.3, -0.25) is 4.90 Å². The molecule has 1 heterocycles. The molecule has 1 aromatic heterocycles. The van der Waals surface area contributed by atoms with Crippen LogP contribution < -0.4 is 5.63 Å². The minimum absolute atomic E-state index is 0.231. The van der Waals surface area contributed by atoms with Gasteiger partial charge in [0.1, 0.15) is 11.4 Å². The predicted octanol–water partition coefficient (Wildman–Crippen LogP) is 4.57. The van der Waals surface area contributed by atoms with Gasteiger partial charge in [-0.25, -0.2) is 9.18 Å². The molecule has 0 atom stereocenters. The summed E-state index contributed by atoms with van der Waals surface area (Å²) in [6, 6.07) is 12.2. The van der Waals surface area contributed by atoms with E-state index in [0.29, 0.717) is 18.7 Å². The Balaban J connectivity index is 1.95. The van der Waals surface area contributed by atoms with E-state index < -0.39 is 0 Å². The Hall–Kier alpha value is -2.46. The molecular formula is C21H22FNO2. The van der Waals surface area contributed by atoms with Crippen molar-refractivity contribution in [1.29, 1.82) is 0 Å². The summed E-state index contributed by atoms with van der Waals surface area (Å²) in [4.78, 5) is 14.2. The molecule has 0 aliphatic carbocycles. The molecule has 3 aromatic rings. The minimum atomic E-state index is -0.335. The van der Waals surface area contributed by atoms with Crippen molar-refractivity contribution in [3.63, 3.8) is 0 Å². The van der Waals surface area contributed by atoms with Crippen LogP contribution in [0.3, 0.4) is 0 Å². The first-order chi connectivity index (χ1) is 12.0. The number of aryl methyl sites for hydroxylation is 2. The highest BCUT2D eigenvalue weighted by atomic mass is 19.1. The van der Waals surface area contributed by atoms with Crippen LogP contribution in [-0.4, -0.2) is 11.4 Å². The van der Waals surface area contributed by atoms with Crippen molar-refractivity contribution in [2.24, 2.45) is 0 Å². The topological polar surface area (TPSA) is 33.5 Å². The number of fused-ring (bicyclic) bond motifs is 1. The van der Waals surface area contributed by atoms with E-state index in [9.17, 15) is 9.18 Å². The summed E-state index contributed by atoms with van der Waals surface area (Å²) < 4.78 is 18.9. The molecule has 0 saturated heterocycles. The summed E-state index contributed by atoms with van der Waals surface area (Å²) in [5, 5.41) is 0.959. The van der Waals surface area contributed by atoms with E-state index in [1.165, 1.54) is 6.07 Å². The molecule has 130 valence electrons. The third kappa shape index (κ3) is 3.80. The number of halogens is 1. The van der Waals surface area contributed by atoms with Gasteiger partial charge in [0.2, 0.25) is 0 Å². The zero-order valence-electron chi connectivity index (χ0n) is 14.8. The SMILES string of the molecule is CCN(Cc1cccc(F)c1)Cc1cc(=O)oc2c(C)c(C)ccc12. The van der Waals surface area contributed by atoms with Crippen molar-refractivity contribution in [2.75, 3.05) is 6.54 Å². The standard InChI is InChI=1S/C21H22FNO2/c1-4-23(12-16-6-5-7-18(22)10-16)13-17-11-20(24)25-21-15(3)14(2)8-9-19(17)21/h5-11H,4,12-13H2,1-3H3. The zero-order chi connectivity index (χ0) is 18.0. The fourth-order valence-electron chi connectivity index (χ4n) is 3.07. The number of nitrogens with zero attached hydrogens (tertiary/aromatic N) is 1. The lowest BCUT2D eigenvalue weighted by atomic mass is 10.0. The van der Waals surface area contributed by atoms with Crippen molar-refractivity contribution in [3.05, 3.63) is 81.0 Å². The van der Waals surface area contributed by atoms with Gasteiger partial charge in [0.15, 0.2) is 0 Å². The summed E-state index contributed by atoms with van der Waals surface area (Å²) in [5.74, 6) is -0.231. The van der Waals surface area contributed by atoms with Gasteiger partial charge >= 0.3 is 5.63 Å². The van der Waals surface area contributed by atoms with Gasteiger partial charge < -0.3 is 4.42 Å². The molecule has 0 aliphatic rings. The average Bonchev–Trinajstić information content (AvgIpc) is 2.58. The Kier molecular flexibility index (Phi) is 5.00. The maximum Gasteiger partial charge on any atom is 0.336 e. The Morgan fingerprint density at radius 2 is 1.88 bits per heavy atom.